The quantitative estimate of drug-likeness (QED) is 0.687. The molecular weight excluding hydrogens is 192 g/mol. The van der Waals surface area contributed by atoms with Gasteiger partial charge in [-0.05, 0) is 7.05 Å². The number of rotatable bonds is 7. The van der Waals surface area contributed by atoms with Gasteiger partial charge in [-0.1, -0.05) is 0 Å². The predicted molar refractivity (Wildman–Crippen MR) is 59.5 cm³/mol. The number of ether oxygens (including phenoxy) is 1. The molecule has 0 saturated carbocycles. The number of hydrogen-bond donors (Lipinski definition) is 1. The van der Waals surface area contributed by atoms with Crippen molar-refractivity contribution in [2.45, 2.75) is 13.1 Å². The third-order valence-corrected chi connectivity index (χ3v) is 2.18. The van der Waals surface area contributed by atoms with E-state index in [4.69, 9.17) is 10.5 Å². The molecule has 1 aromatic heterocycles. The van der Waals surface area contributed by atoms with Gasteiger partial charge < -0.3 is 15.0 Å². The molecule has 0 aliphatic heterocycles. The fourth-order valence-corrected chi connectivity index (χ4v) is 1.36. The van der Waals surface area contributed by atoms with Crippen molar-refractivity contribution in [1.82, 2.24) is 14.5 Å². The first-order chi connectivity index (χ1) is 7.26. The van der Waals surface area contributed by atoms with E-state index in [1.807, 2.05) is 17.1 Å². The maximum absolute atomic E-state index is 5.46. The smallest absolute Gasteiger partial charge is 0.0950 e. The van der Waals surface area contributed by atoms with E-state index in [0.717, 1.165) is 31.9 Å². The lowest BCUT2D eigenvalue weighted by Crippen LogP contribution is -2.22. The summed E-state index contributed by atoms with van der Waals surface area (Å²) < 4.78 is 7.02. The van der Waals surface area contributed by atoms with Crippen LogP contribution in [-0.4, -0.2) is 48.3 Å². The monoisotopic (exact) mass is 212 g/mol. The number of nitrogens with two attached hydrogens (primary N) is 1. The number of nitrogens with zero attached hydrogens (tertiary/aromatic N) is 3. The SMILES string of the molecule is COCCN(C)Cc1cn(CCN)cn1. The van der Waals surface area contributed by atoms with Crippen molar-refractivity contribution in [3.05, 3.63) is 18.2 Å². The Morgan fingerprint density at radius 1 is 1.60 bits per heavy atom. The summed E-state index contributed by atoms with van der Waals surface area (Å²) in [4.78, 5) is 6.49. The van der Waals surface area contributed by atoms with Gasteiger partial charge in [-0.25, -0.2) is 4.98 Å². The summed E-state index contributed by atoms with van der Waals surface area (Å²) in [5.74, 6) is 0. The van der Waals surface area contributed by atoms with E-state index in [2.05, 4.69) is 16.9 Å². The van der Waals surface area contributed by atoms with Gasteiger partial charge in [-0.2, -0.15) is 0 Å². The van der Waals surface area contributed by atoms with Gasteiger partial charge >= 0.3 is 0 Å². The van der Waals surface area contributed by atoms with Gasteiger partial charge in [-0.3, -0.25) is 4.90 Å². The molecular formula is C10H20N4O. The molecule has 0 radical (unpaired) electrons. The molecule has 1 rings (SSSR count). The Bertz CT molecular complexity index is 274. The van der Waals surface area contributed by atoms with Crippen molar-refractivity contribution in [1.29, 1.82) is 0 Å². The van der Waals surface area contributed by atoms with Crippen LogP contribution in [0.2, 0.25) is 0 Å². The minimum atomic E-state index is 0.648. The third kappa shape index (κ3) is 4.42. The van der Waals surface area contributed by atoms with Crippen LogP contribution in [0.15, 0.2) is 12.5 Å². The Balaban J connectivity index is 2.35. The third-order valence-electron chi connectivity index (χ3n) is 2.18. The van der Waals surface area contributed by atoms with E-state index in [0.29, 0.717) is 6.54 Å². The molecule has 5 heteroatoms. The molecule has 86 valence electrons. The van der Waals surface area contributed by atoms with Crippen molar-refractivity contribution in [2.24, 2.45) is 5.73 Å². The van der Waals surface area contributed by atoms with Gasteiger partial charge in [0.05, 0.1) is 18.6 Å². The van der Waals surface area contributed by atoms with Crippen LogP contribution in [0.25, 0.3) is 0 Å². The van der Waals surface area contributed by atoms with E-state index >= 15 is 0 Å². The molecule has 0 atom stereocenters. The normalized spacial score (nSPS) is 11.2. The summed E-state index contributed by atoms with van der Waals surface area (Å²) in [7, 11) is 3.77. The van der Waals surface area contributed by atoms with Gasteiger partial charge in [0.25, 0.3) is 0 Å². The van der Waals surface area contributed by atoms with E-state index in [1.54, 1.807) is 7.11 Å². The maximum atomic E-state index is 5.46. The van der Waals surface area contributed by atoms with Gasteiger partial charge in [0.1, 0.15) is 0 Å². The number of hydrogen-bond acceptors (Lipinski definition) is 4. The van der Waals surface area contributed by atoms with Gasteiger partial charge in [0.2, 0.25) is 0 Å². The van der Waals surface area contributed by atoms with Gasteiger partial charge in [-0.15, -0.1) is 0 Å². The molecule has 0 aromatic carbocycles. The summed E-state index contributed by atoms with van der Waals surface area (Å²) in [6, 6.07) is 0. The summed E-state index contributed by atoms with van der Waals surface area (Å²) >= 11 is 0. The first kappa shape index (κ1) is 12.2. The van der Waals surface area contributed by atoms with Crippen LogP contribution < -0.4 is 5.73 Å². The number of likely N-dealkylation sites (N-methyl/N-ethyl adjacent to an activating group) is 1. The minimum Gasteiger partial charge on any atom is -0.383 e. The fraction of sp³-hybridized carbons (Fsp3) is 0.700. The highest BCUT2D eigenvalue weighted by atomic mass is 16.5. The van der Waals surface area contributed by atoms with Gasteiger partial charge in [0, 0.05) is 39.5 Å². The molecule has 0 bridgehead atoms. The average Bonchev–Trinajstić information content (AvgIpc) is 2.63. The highest BCUT2D eigenvalue weighted by Crippen LogP contribution is 1.99. The van der Waals surface area contributed by atoms with Crippen molar-refractivity contribution in [3.63, 3.8) is 0 Å². The van der Waals surface area contributed by atoms with Crippen molar-refractivity contribution >= 4 is 0 Å². The summed E-state index contributed by atoms with van der Waals surface area (Å²) in [6.45, 7) is 3.99. The van der Waals surface area contributed by atoms with Crippen molar-refractivity contribution in [3.8, 4) is 0 Å². The minimum absolute atomic E-state index is 0.648. The van der Waals surface area contributed by atoms with Crippen molar-refractivity contribution < 1.29 is 4.74 Å². The molecule has 0 aliphatic carbocycles. The largest absolute Gasteiger partial charge is 0.383 e. The zero-order valence-electron chi connectivity index (χ0n) is 9.52. The van der Waals surface area contributed by atoms with Crippen LogP contribution in [0.5, 0.6) is 0 Å². The lowest BCUT2D eigenvalue weighted by atomic mass is 10.4. The topological polar surface area (TPSA) is 56.3 Å². The van der Waals surface area contributed by atoms with Crippen LogP contribution in [0, 0.1) is 0 Å². The van der Waals surface area contributed by atoms with Crippen LogP contribution in [0.1, 0.15) is 5.69 Å². The Labute approximate surface area is 90.8 Å². The molecule has 0 saturated heterocycles. The molecule has 15 heavy (non-hydrogen) atoms. The van der Waals surface area contributed by atoms with Crippen LogP contribution in [0.4, 0.5) is 0 Å². The van der Waals surface area contributed by atoms with E-state index in [1.165, 1.54) is 0 Å². The second-order valence-electron chi connectivity index (χ2n) is 3.62. The zero-order valence-corrected chi connectivity index (χ0v) is 9.52. The number of methoxy groups -OCH3 is 1. The lowest BCUT2D eigenvalue weighted by Gasteiger charge is -2.13. The second-order valence-corrected chi connectivity index (χ2v) is 3.62. The predicted octanol–water partition coefficient (Wildman–Crippen LogP) is -0.0800. The molecule has 0 spiro atoms. The summed E-state index contributed by atoms with van der Waals surface area (Å²) in [6.07, 6.45) is 3.86. The Morgan fingerprint density at radius 2 is 2.40 bits per heavy atom. The van der Waals surface area contributed by atoms with Crippen LogP contribution in [-0.2, 0) is 17.8 Å². The van der Waals surface area contributed by atoms with Crippen LogP contribution in [0.3, 0.4) is 0 Å². The van der Waals surface area contributed by atoms with E-state index in [-0.39, 0.29) is 0 Å². The summed E-state index contributed by atoms with van der Waals surface area (Å²) in [5.41, 5.74) is 6.53. The molecule has 5 nitrogen and oxygen atoms in total. The lowest BCUT2D eigenvalue weighted by molar-refractivity contribution is 0.158. The van der Waals surface area contributed by atoms with Gasteiger partial charge in [0.15, 0.2) is 0 Å². The Kier molecular flexibility index (Phi) is 5.31. The molecule has 1 heterocycles. The number of aromatic nitrogens is 2. The van der Waals surface area contributed by atoms with Crippen molar-refractivity contribution in [2.75, 3.05) is 33.9 Å². The summed E-state index contributed by atoms with van der Waals surface area (Å²) in [5, 5.41) is 0. The van der Waals surface area contributed by atoms with E-state index < -0.39 is 0 Å². The standard InChI is InChI=1S/C10H20N4O/c1-13(5-6-15-2)7-10-8-14(4-3-11)9-12-10/h8-9H,3-7,11H2,1-2H3. The Hall–Kier alpha value is -0.910. The second kappa shape index (κ2) is 6.55. The first-order valence-corrected chi connectivity index (χ1v) is 5.14. The highest BCUT2D eigenvalue weighted by molar-refractivity contribution is 4.96. The molecule has 0 aliphatic rings. The fourth-order valence-electron chi connectivity index (χ4n) is 1.36. The zero-order chi connectivity index (χ0) is 11.1. The molecule has 0 fully saturated rings. The molecule has 0 amide bonds. The molecule has 1 aromatic rings. The average molecular weight is 212 g/mol. The maximum Gasteiger partial charge on any atom is 0.0950 e. The molecule has 0 unspecified atom stereocenters. The number of imidazole rings is 1. The van der Waals surface area contributed by atoms with E-state index in [9.17, 15) is 0 Å². The van der Waals surface area contributed by atoms with Crippen LogP contribution >= 0.6 is 0 Å². The molecule has 2 N–H and O–H groups in total. The first-order valence-electron chi connectivity index (χ1n) is 5.14. The Morgan fingerprint density at radius 3 is 3.07 bits per heavy atom. The highest BCUT2D eigenvalue weighted by Gasteiger charge is 2.02.